The van der Waals surface area contributed by atoms with Crippen molar-refractivity contribution in [1.29, 1.82) is 0 Å². The monoisotopic (exact) mass is 225 g/mol. The van der Waals surface area contributed by atoms with E-state index in [1.807, 2.05) is 0 Å². The van der Waals surface area contributed by atoms with Gasteiger partial charge in [-0.05, 0) is 25.9 Å². The van der Waals surface area contributed by atoms with Crippen molar-refractivity contribution in [2.45, 2.75) is 19.8 Å². The molecule has 0 saturated heterocycles. The zero-order valence-corrected chi connectivity index (χ0v) is 8.75. The van der Waals surface area contributed by atoms with Gasteiger partial charge in [-0.1, -0.05) is 12.2 Å². The molecule has 0 saturated carbocycles. The Kier molecular flexibility index (Phi) is 2.47. The highest BCUT2D eigenvalue weighted by Crippen LogP contribution is 2.21. The van der Waals surface area contributed by atoms with Crippen molar-refractivity contribution in [3.05, 3.63) is 46.5 Å². The zero-order chi connectivity index (χ0) is 14.8. The third-order valence-electron chi connectivity index (χ3n) is 2.20. The van der Waals surface area contributed by atoms with Gasteiger partial charge in [0.05, 0.1) is 16.7 Å². The summed E-state index contributed by atoms with van der Waals surface area (Å²) >= 11 is 0. The van der Waals surface area contributed by atoms with Gasteiger partial charge in [-0.3, -0.25) is 20.4 Å². The summed E-state index contributed by atoms with van der Waals surface area (Å²) in [6, 6.07) is 4.28. The van der Waals surface area contributed by atoms with E-state index in [-0.39, 0.29) is 16.9 Å². The summed E-state index contributed by atoms with van der Waals surface area (Å²) in [7, 11) is 0. The molecule has 0 aliphatic carbocycles. The van der Waals surface area contributed by atoms with Crippen LogP contribution in [0.4, 0.5) is 11.4 Å². The molecule has 1 aromatic carbocycles. The van der Waals surface area contributed by atoms with E-state index >= 15 is 0 Å². The summed E-state index contributed by atoms with van der Waals surface area (Å²) in [6.45, 7) is 2.55. The molecule has 0 amide bonds. The van der Waals surface area contributed by atoms with E-state index in [4.69, 9.17) is 4.11 Å². The molecular formula is C11H14N2O3. The molecule has 86 valence electrons. The molecule has 1 aromatic rings. The van der Waals surface area contributed by atoms with Crippen molar-refractivity contribution in [2.75, 3.05) is 5.06 Å². The number of rotatable bonds is 4. The first-order valence-corrected chi connectivity index (χ1v) is 4.56. The molecular weight excluding hydrogens is 208 g/mol. The highest BCUT2D eigenvalue weighted by Gasteiger charge is 2.13. The molecule has 5 heteroatoms. The second-order valence-electron chi connectivity index (χ2n) is 3.32. The van der Waals surface area contributed by atoms with Crippen LogP contribution in [0, 0.1) is 10.1 Å². The van der Waals surface area contributed by atoms with Crippen molar-refractivity contribution in [1.82, 2.24) is 0 Å². The number of hydroxylamine groups is 1. The van der Waals surface area contributed by atoms with Crippen LogP contribution in [0.1, 0.15) is 17.9 Å². The van der Waals surface area contributed by atoms with Gasteiger partial charge in [0.2, 0.25) is 0 Å². The summed E-state index contributed by atoms with van der Waals surface area (Å²) < 4.78 is 21.7. The molecule has 1 unspecified atom stereocenters. The predicted molar refractivity (Wildman–Crippen MR) is 61.6 cm³/mol. The lowest BCUT2D eigenvalue weighted by Gasteiger charge is -2.24. The van der Waals surface area contributed by atoms with Gasteiger partial charge in [0, 0.05) is 16.2 Å². The van der Waals surface area contributed by atoms with Crippen LogP contribution in [0.15, 0.2) is 36.4 Å². The maximum absolute atomic E-state index is 10.5. The molecule has 0 bridgehead atoms. The Labute approximate surface area is 97.9 Å². The van der Waals surface area contributed by atoms with Crippen LogP contribution in [0.3, 0.4) is 0 Å². The molecule has 1 atom stereocenters. The Balaban J connectivity index is 2.91. The highest BCUT2D eigenvalue weighted by atomic mass is 16.6. The number of non-ortho nitro benzene ring substituents is 1. The topological polar surface area (TPSA) is 66.6 Å². The normalized spacial score (nSPS) is 15.5. The molecule has 0 heterocycles. The van der Waals surface area contributed by atoms with Gasteiger partial charge in [-0.2, -0.15) is 0 Å². The molecule has 0 radical (unpaired) electrons. The minimum absolute atomic E-state index is 0.112. The van der Waals surface area contributed by atoms with E-state index in [1.54, 1.807) is 0 Å². The summed E-state index contributed by atoms with van der Waals surface area (Å²) in [4.78, 5) is 9.94. The molecule has 16 heavy (non-hydrogen) atoms. The maximum Gasteiger partial charge on any atom is 0.269 e. The van der Waals surface area contributed by atoms with E-state index < -0.39 is 17.8 Å². The SMILES string of the molecule is [2H]C([2H])([2H])C(=C)C(C)N(O)c1ccc([N+](=O)[O-])cc1. The Hall–Kier alpha value is -1.88. The molecule has 0 aromatic heterocycles. The lowest BCUT2D eigenvalue weighted by molar-refractivity contribution is -0.384. The summed E-state index contributed by atoms with van der Waals surface area (Å²) in [5.74, 6) is 0. The lowest BCUT2D eigenvalue weighted by Crippen LogP contribution is -2.29. The Morgan fingerprint density at radius 1 is 1.62 bits per heavy atom. The van der Waals surface area contributed by atoms with Gasteiger partial charge in [-0.15, -0.1) is 0 Å². The van der Waals surface area contributed by atoms with Gasteiger partial charge in [0.25, 0.3) is 5.69 Å². The lowest BCUT2D eigenvalue weighted by atomic mass is 10.1. The molecule has 5 nitrogen and oxygen atoms in total. The second kappa shape index (κ2) is 4.76. The fourth-order valence-corrected chi connectivity index (χ4v) is 1.10. The largest absolute Gasteiger partial charge is 0.288 e. The number of nitrogens with zero attached hydrogens (tertiary/aromatic N) is 2. The van der Waals surface area contributed by atoms with Crippen molar-refractivity contribution < 1.29 is 14.2 Å². The van der Waals surface area contributed by atoms with Gasteiger partial charge >= 0.3 is 0 Å². The van der Waals surface area contributed by atoms with E-state index in [9.17, 15) is 15.3 Å². The minimum Gasteiger partial charge on any atom is -0.288 e. The van der Waals surface area contributed by atoms with E-state index in [0.29, 0.717) is 0 Å². The average Bonchev–Trinajstić information content (AvgIpc) is 2.35. The maximum atomic E-state index is 10.5. The quantitative estimate of drug-likeness (QED) is 0.486. The fourth-order valence-electron chi connectivity index (χ4n) is 1.10. The first-order valence-electron chi connectivity index (χ1n) is 6.06. The second-order valence-corrected chi connectivity index (χ2v) is 3.32. The first kappa shape index (κ1) is 8.29. The van der Waals surface area contributed by atoms with Crippen molar-refractivity contribution >= 4 is 11.4 Å². The van der Waals surface area contributed by atoms with Crippen molar-refractivity contribution in [3.63, 3.8) is 0 Å². The van der Waals surface area contributed by atoms with Crippen LogP contribution in [-0.4, -0.2) is 16.2 Å². The molecule has 0 aliphatic heterocycles. The third kappa shape index (κ3) is 2.58. The molecule has 1 rings (SSSR count). The van der Waals surface area contributed by atoms with Gasteiger partial charge in [-0.25, -0.2) is 0 Å². The van der Waals surface area contributed by atoms with Crippen LogP contribution in [0.5, 0.6) is 0 Å². The smallest absolute Gasteiger partial charge is 0.269 e. The molecule has 0 aliphatic rings. The Morgan fingerprint density at radius 2 is 2.19 bits per heavy atom. The van der Waals surface area contributed by atoms with Crippen molar-refractivity contribution in [2.24, 2.45) is 0 Å². The number of anilines is 1. The number of nitro groups is 1. The number of nitro benzene ring substituents is 1. The summed E-state index contributed by atoms with van der Waals surface area (Å²) in [6.07, 6.45) is 0. The molecule has 0 fully saturated rings. The van der Waals surface area contributed by atoms with Crippen LogP contribution in [-0.2, 0) is 0 Å². The fraction of sp³-hybridized carbons (Fsp3) is 0.273. The predicted octanol–water partition coefficient (Wildman–Crippen LogP) is 2.76. The third-order valence-corrected chi connectivity index (χ3v) is 2.20. The molecule has 1 N–H and O–H groups in total. The number of hydrogen-bond donors (Lipinski definition) is 1. The zero-order valence-electron chi connectivity index (χ0n) is 11.8. The minimum atomic E-state index is -2.37. The standard InChI is InChI=1S/C11H14N2O3/c1-8(2)9(3)12(14)10-4-6-11(7-5-10)13(15)16/h4-7,9,14H,1H2,2-3H3/i2D3. The van der Waals surface area contributed by atoms with E-state index in [1.165, 1.54) is 31.2 Å². The van der Waals surface area contributed by atoms with Crippen molar-refractivity contribution in [3.8, 4) is 0 Å². The Morgan fingerprint density at radius 3 is 2.62 bits per heavy atom. The number of benzene rings is 1. The Bertz CT molecular complexity index is 485. The van der Waals surface area contributed by atoms with E-state index in [2.05, 4.69) is 6.58 Å². The summed E-state index contributed by atoms with van der Waals surface area (Å²) in [5, 5.41) is 21.1. The van der Waals surface area contributed by atoms with Crippen LogP contribution < -0.4 is 5.06 Å². The summed E-state index contributed by atoms with van der Waals surface area (Å²) in [5.41, 5.74) is 0.0244. The average molecular weight is 225 g/mol. The van der Waals surface area contributed by atoms with Gasteiger partial charge < -0.3 is 0 Å². The van der Waals surface area contributed by atoms with Gasteiger partial charge in [0.15, 0.2) is 0 Å². The molecule has 0 spiro atoms. The first-order chi connectivity index (χ1) is 8.64. The van der Waals surface area contributed by atoms with E-state index in [0.717, 1.165) is 5.06 Å². The van der Waals surface area contributed by atoms with Crippen LogP contribution >= 0.6 is 0 Å². The van der Waals surface area contributed by atoms with Crippen LogP contribution in [0.2, 0.25) is 0 Å². The number of hydrogen-bond acceptors (Lipinski definition) is 4. The van der Waals surface area contributed by atoms with Gasteiger partial charge in [0.1, 0.15) is 0 Å². The van der Waals surface area contributed by atoms with Crippen LogP contribution in [0.25, 0.3) is 0 Å². The highest BCUT2D eigenvalue weighted by molar-refractivity contribution is 5.50.